The fourth-order valence-corrected chi connectivity index (χ4v) is 6.06. The number of carbonyl (C=O) groups excluding carboxylic acids is 1. The number of aliphatic hydroxyl groups is 1. The van der Waals surface area contributed by atoms with Gasteiger partial charge in [-0.2, -0.15) is 11.3 Å². The molecule has 0 spiro atoms. The molecule has 0 aliphatic carbocycles. The molecule has 3 aromatic rings. The average molecular weight is 545 g/mol. The number of amides is 1. The van der Waals surface area contributed by atoms with Crippen LogP contribution in [0.2, 0.25) is 0 Å². The molecule has 1 saturated heterocycles. The van der Waals surface area contributed by atoms with Crippen LogP contribution in [0.5, 0.6) is 0 Å². The summed E-state index contributed by atoms with van der Waals surface area (Å²) in [5, 5.41) is 27.2. The van der Waals surface area contributed by atoms with Gasteiger partial charge in [0.05, 0.1) is 11.7 Å². The number of thiophene rings is 2. The Kier molecular flexibility index (Phi) is 9.18. The third kappa shape index (κ3) is 7.18. The van der Waals surface area contributed by atoms with Crippen LogP contribution >= 0.6 is 34.4 Å². The van der Waals surface area contributed by atoms with E-state index in [1.807, 2.05) is 21.8 Å². The molecule has 188 valence electrons. The van der Waals surface area contributed by atoms with Crippen molar-refractivity contribution in [3.8, 4) is 11.8 Å². The highest BCUT2D eigenvalue weighted by atomic mass is 32.2. The molecular weight excluding hydrogens is 519 g/mol. The van der Waals surface area contributed by atoms with Crippen molar-refractivity contribution in [2.75, 3.05) is 25.4 Å². The van der Waals surface area contributed by atoms with Gasteiger partial charge in [0.1, 0.15) is 10.7 Å². The summed E-state index contributed by atoms with van der Waals surface area (Å²) in [6, 6.07) is 9.96. The molecule has 0 saturated carbocycles. The van der Waals surface area contributed by atoms with Gasteiger partial charge in [-0.3, -0.25) is 9.80 Å². The number of carboxylic acids is 1. The zero-order valence-electron chi connectivity index (χ0n) is 19.4. The first kappa shape index (κ1) is 26.4. The quantitative estimate of drug-likeness (QED) is 0.371. The number of hydrogen-bond acceptors (Lipinski definition) is 7. The van der Waals surface area contributed by atoms with Crippen LogP contribution < -0.4 is 0 Å². The Morgan fingerprint density at radius 2 is 2.03 bits per heavy atom. The highest BCUT2D eigenvalue weighted by Crippen LogP contribution is 2.22. The number of hydrazine groups is 1. The number of thioether (sulfide) groups is 1. The maximum atomic E-state index is 14.2. The number of aromatic carboxylic acids is 1. The standard InChI is InChI=1S/C26H25FN2O4S3/c27-23-5-2-19(15-20(23)3-1-18-9-13-34-17-18)16-21(30)7-10-28-12-14-35-26(33)29(28)11-8-22-4-6-24(36-22)25(31)32/h2,4-6,9,13,15,17,21,30H,7-8,10-12,14,16H2,(H,31,32)/t21-/m1/s1. The highest BCUT2D eigenvalue weighted by Gasteiger charge is 2.27. The van der Waals surface area contributed by atoms with E-state index in [1.54, 1.807) is 29.3 Å². The van der Waals surface area contributed by atoms with E-state index in [0.29, 0.717) is 50.2 Å². The third-order valence-electron chi connectivity index (χ3n) is 5.65. The van der Waals surface area contributed by atoms with E-state index in [-0.39, 0.29) is 10.1 Å². The lowest BCUT2D eigenvalue weighted by Gasteiger charge is -2.38. The molecule has 1 atom stereocenters. The van der Waals surface area contributed by atoms with Crippen LogP contribution in [0.3, 0.4) is 0 Å². The fraction of sp³-hybridized carbons (Fsp3) is 0.308. The number of hydrogen-bond donors (Lipinski definition) is 2. The maximum absolute atomic E-state index is 14.2. The first-order chi connectivity index (χ1) is 17.4. The molecule has 1 aliphatic rings. The highest BCUT2D eigenvalue weighted by molar-refractivity contribution is 8.13. The molecule has 2 aromatic heterocycles. The first-order valence-corrected chi connectivity index (χ1v) is 14.2. The van der Waals surface area contributed by atoms with E-state index < -0.39 is 17.9 Å². The minimum Gasteiger partial charge on any atom is -0.477 e. The summed E-state index contributed by atoms with van der Waals surface area (Å²) in [7, 11) is 0. The first-order valence-electron chi connectivity index (χ1n) is 11.4. The molecule has 6 nitrogen and oxygen atoms in total. The molecule has 0 unspecified atom stereocenters. The molecular formula is C26H25FN2O4S3. The number of aliphatic hydroxyl groups excluding tert-OH is 1. The molecule has 1 fully saturated rings. The second kappa shape index (κ2) is 12.5. The Morgan fingerprint density at radius 1 is 1.17 bits per heavy atom. The Balaban J connectivity index is 1.32. The van der Waals surface area contributed by atoms with Crippen LogP contribution in [-0.4, -0.2) is 62.9 Å². The fourth-order valence-electron chi connectivity index (χ4n) is 3.80. The van der Waals surface area contributed by atoms with Gasteiger partial charge in [-0.25, -0.2) is 14.2 Å². The average Bonchev–Trinajstić information content (AvgIpc) is 3.55. The van der Waals surface area contributed by atoms with E-state index >= 15 is 0 Å². The van der Waals surface area contributed by atoms with Crippen molar-refractivity contribution < 1.29 is 24.2 Å². The summed E-state index contributed by atoms with van der Waals surface area (Å²) in [4.78, 5) is 24.8. The Morgan fingerprint density at radius 3 is 2.78 bits per heavy atom. The topological polar surface area (TPSA) is 81.1 Å². The second-order valence-electron chi connectivity index (χ2n) is 8.24. The maximum Gasteiger partial charge on any atom is 0.345 e. The van der Waals surface area contributed by atoms with Gasteiger partial charge in [-0.1, -0.05) is 29.7 Å². The summed E-state index contributed by atoms with van der Waals surface area (Å²) in [6.07, 6.45) is 0.713. The zero-order chi connectivity index (χ0) is 25.5. The van der Waals surface area contributed by atoms with Crippen LogP contribution in [0.15, 0.2) is 47.2 Å². The van der Waals surface area contributed by atoms with E-state index in [0.717, 1.165) is 16.0 Å². The molecule has 36 heavy (non-hydrogen) atoms. The molecule has 4 rings (SSSR count). The summed E-state index contributed by atoms with van der Waals surface area (Å²) in [5.74, 6) is 5.16. The van der Waals surface area contributed by atoms with Gasteiger partial charge in [0.25, 0.3) is 5.24 Å². The number of rotatable bonds is 9. The molecule has 1 amide bonds. The predicted octanol–water partition coefficient (Wildman–Crippen LogP) is 4.97. The van der Waals surface area contributed by atoms with Gasteiger partial charge in [-0.05, 0) is 54.1 Å². The molecule has 1 aliphatic heterocycles. The Labute approximate surface area is 221 Å². The third-order valence-corrected chi connectivity index (χ3v) is 8.32. The number of nitrogens with zero attached hydrogens (tertiary/aromatic N) is 2. The lowest BCUT2D eigenvalue weighted by Crippen LogP contribution is -2.51. The number of benzene rings is 1. The number of carboxylic acid groups (broad SMARTS) is 1. The van der Waals surface area contributed by atoms with Crippen LogP contribution in [0, 0.1) is 17.7 Å². The molecule has 2 N–H and O–H groups in total. The van der Waals surface area contributed by atoms with Gasteiger partial charge in [0, 0.05) is 47.6 Å². The number of halogens is 1. The van der Waals surface area contributed by atoms with E-state index in [9.17, 15) is 19.1 Å². The monoisotopic (exact) mass is 544 g/mol. The second-order valence-corrected chi connectivity index (χ2v) is 11.2. The van der Waals surface area contributed by atoms with E-state index in [4.69, 9.17) is 5.11 Å². The Hall–Kier alpha value is -2.68. The molecule has 0 bridgehead atoms. The Bertz CT molecular complexity index is 1270. The van der Waals surface area contributed by atoms with Crippen molar-refractivity contribution in [1.29, 1.82) is 0 Å². The van der Waals surface area contributed by atoms with Crippen molar-refractivity contribution in [2.45, 2.75) is 25.4 Å². The van der Waals surface area contributed by atoms with Crippen LogP contribution in [0.4, 0.5) is 9.18 Å². The SMILES string of the molecule is O=C(O)c1ccc(CCN2C(=O)SCCN2CC[C@@H](O)Cc2ccc(F)c(C#Cc3ccsc3)c2)s1. The summed E-state index contributed by atoms with van der Waals surface area (Å²) >= 11 is 4.01. The van der Waals surface area contributed by atoms with Crippen molar-refractivity contribution in [3.63, 3.8) is 0 Å². The summed E-state index contributed by atoms with van der Waals surface area (Å²) in [6.45, 7) is 1.64. The molecule has 1 aromatic carbocycles. The predicted molar refractivity (Wildman–Crippen MR) is 142 cm³/mol. The number of carbonyl (C=O) groups is 2. The summed E-state index contributed by atoms with van der Waals surface area (Å²) < 4.78 is 14.2. The molecule has 0 radical (unpaired) electrons. The van der Waals surface area contributed by atoms with Gasteiger partial charge in [-0.15, -0.1) is 11.3 Å². The van der Waals surface area contributed by atoms with Gasteiger partial charge >= 0.3 is 5.97 Å². The van der Waals surface area contributed by atoms with Crippen molar-refractivity contribution in [3.05, 3.63) is 79.4 Å². The van der Waals surface area contributed by atoms with Crippen molar-refractivity contribution in [2.24, 2.45) is 0 Å². The van der Waals surface area contributed by atoms with Crippen LogP contribution in [0.1, 0.15) is 37.7 Å². The minimum atomic E-state index is -0.950. The van der Waals surface area contributed by atoms with E-state index in [2.05, 4.69) is 11.8 Å². The normalized spacial score (nSPS) is 14.9. The smallest absolute Gasteiger partial charge is 0.345 e. The van der Waals surface area contributed by atoms with E-state index in [1.165, 1.54) is 40.5 Å². The lowest BCUT2D eigenvalue weighted by atomic mass is 10.0. The van der Waals surface area contributed by atoms with Gasteiger partial charge in [0.2, 0.25) is 0 Å². The van der Waals surface area contributed by atoms with Crippen molar-refractivity contribution in [1.82, 2.24) is 10.0 Å². The van der Waals surface area contributed by atoms with Gasteiger partial charge in [0.15, 0.2) is 0 Å². The lowest BCUT2D eigenvalue weighted by molar-refractivity contribution is 0.0148. The minimum absolute atomic E-state index is 0.0434. The van der Waals surface area contributed by atoms with Crippen molar-refractivity contribution >= 4 is 45.6 Å². The van der Waals surface area contributed by atoms with Gasteiger partial charge < -0.3 is 10.2 Å². The van der Waals surface area contributed by atoms with Crippen LogP contribution in [-0.2, 0) is 12.8 Å². The molecule has 10 heteroatoms. The molecule has 3 heterocycles. The van der Waals surface area contributed by atoms with Crippen LogP contribution in [0.25, 0.3) is 0 Å². The largest absolute Gasteiger partial charge is 0.477 e. The summed E-state index contributed by atoms with van der Waals surface area (Å²) in [5.41, 5.74) is 1.94. The zero-order valence-corrected chi connectivity index (χ0v) is 21.8.